The number of carbonyl (C=O) groups excluding carboxylic acids is 2. The molecule has 0 N–H and O–H groups in total. The maximum absolute atomic E-state index is 12.5. The van der Waals surface area contributed by atoms with Crippen LogP contribution < -0.4 is 0 Å². The van der Waals surface area contributed by atoms with Crippen LogP contribution in [0.5, 0.6) is 0 Å². The molecular formula is C19H18O5. The predicted molar refractivity (Wildman–Crippen MR) is 87.0 cm³/mol. The standard InChI is InChI=1S/C19H18O5/c1-2-22-19(21)18-15(17-6-4-10-24-17)11-13(12-16(18)20)7-8-14-5-3-9-23-14/h3-10,12,15,18H,2,11H2,1H3/b8-7+. The highest BCUT2D eigenvalue weighted by molar-refractivity contribution is 6.07. The molecule has 0 aliphatic heterocycles. The second kappa shape index (κ2) is 7.17. The smallest absolute Gasteiger partial charge is 0.317 e. The van der Waals surface area contributed by atoms with Crippen molar-refractivity contribution < 1.29 is 23.2 Å². The molecule has 2 aromatic heterocycles. The van der Waals surface area contributed by atoms with Crippen LogP contribution in [0.1, 0.15) is 30.8 Å². The van der Waals surface area contributed by atoms with Gasteiger partial charge in [0.2, 0.25) is 0 Å². The maximum Gasteiger partial charge on any atom is 0.317 e. The van der Waals surface area contributed by atoms with Crippen LogP contribution in [0.15, 0.2) is 63.4 Å². The highest BCUT2D eigenvalue weighted by Crippen LogP contribution is 2.37. The van der Waals surface area contributed by atoms with E-state index in [9.17, 15) is 9.59 Å². The lowest BCUT2D eigenvalue weighted by Crippen LogP contribution is -2.33. The first-order valence-corrected chi connectivity index (χ1v) is 7.85. The molecule has 2 atom stereocenters. The average molecular weight is 326 g/mol. The number of hydrogen-bond donors (Lipinski definition) is 0. The van der Waals surface area contributed by atoms with Crippen molar-refractivity contribution in [2.24, 2.45) is 5.92 Å². The molecule has 0 aromatic carbocycles. The number of carbonyl (C=O) groups is 2. The lowest BCUT2D eigenvalue weighted by atomic mass is 9.77. The second-order valence-corrected chi connectivity index (χ2v) is 5.53. The minimum absolute atomic E-state index is 0.239. The van der Waals surface area contributed by atoms with Crippen molar-refractivity contribution >= 4 is 17.8 Å². The summed E-state index contributed by atoms with van der Waals surface area (Å²) < 4.78 is 15.8. The van der Waals surface area contributed by atoms with Crippen LogP contribution in [0.4, 0.5) is 0 Å². The van der Waals surface area contributed by atoms with Crippen molar-refractivity contribution in [3.05, 3.63) is 66.0 Å². The molecule has 0 bridgehead atoms. The molecule has 5 nitrogen and oxygen atoms in total. The average Bonchev–Trinajstić information content (AvgIpc) is 3.26. The van der Waals surface area contributed by atoms with E-state index in [1.165, 1.54) is 6.08 Å². The number of furan rings is 2. The first-order valence-electron chi connectivity index (χ1n) is 7.85. The van der Waals surface area contributed by atoms with Gasteiger partial charge in [-0.05, 0) is 55.3 Å². The molecule has 2 aromatic rings. The Labute approximate surface area is 139 Å². The van der Waals surface area contributed by atoms with E-state index in [-0.39, 0.29) is 18.3 Å². The zero-order valence-electron chi connectivity index (χ0n) is 13.3. The Morgan fingerprint density at radius 3 is 2.71 bits per heavy atom. The summed E-state index contributed by atoms with van der Waals surface area (Å²) in [4.78, 5) is 24.7. The van der Waals surface area contributed by atoms with Crippen LogP contribution >= 0.6 is 0 Å². The lowest BCUT2D eigenvalue weighted by molar-refractivity contribution is -0.152. The van der Waals surface area contributed by atoms with E-state index in [2.05, 4.69) is 0 Å². The fourth-order valence-corrected chi connectivity index (χ4v) is 2.87. The summed E-state index contributed by atoms with van der Waals surface area (Å²) in [5.74, 6) is -0.692. The van der Waals surface area contributed by atoms with Crippen LogP contribution in [-0.2, 0) is 14.3 Å². The summed E-state index contributed by atoms with van der Waals surface area (Å²) in [6.07, 6.45) is 8.76. The van der Waals surface area contributed by atoms with Gasteiger partial charge in [-0.15, -0.1) is 0 Å². The number of allylic oxidation sites excluding steroid dienone is 3. The topological polar surface area (TPSA) is 69.7 Å². The molecule has 5 heteroatoms. The molecule has 0 saturated heterocycles. The fourth-order valence-electron chi connectivity index (χ4n) is 2.87. The third kappa shape index (κ3) is 3.40. The molecule has 3 rings (SSSR count). The van der Waals surface area contributed by atoms with Crippen LogP contribution in [0.2, 0.25) is 0 Å². The Bertz CT molecular complexity index is 750. The zero-order chi connectivity index (χ0) is 16.9. The van der Waals surface area contributed by atoms with E-state index in [4.69, 9.17) is 13.6 Å². The van der Waals surface area contributed by atoms with Gasteiger partial charge in [0, 0.05) is 5.92 Å². The van der Waals surface area contributed by atoms with Gasteiger partial charge in [0.25, 0.3) is 0 Å². The number of ketones is 1. The molecule has 2 unspecified atom stereocenters. The molecule has 1 aliphatic carbocycles. The van der Waals surface area contributed by atoms with Crippen LogP contribution in [0.25, 0.3) is 6.08 Å². The predicted octanol–water partition coefficient (Wildman–Crippen LogP) is 3.75. The van der Waals surface area contributed by atoms with Crippen LogP contribution in [0, 0.1) is 5.92 Å². The van der Waals surface area contributed by atoms with E-state index in [0.29, 0.717) is 17.9 Å². The van der Waals surface area contributed by atoms with Gasteiger partial charge in [-0.2, -0.15) is 0 Å². The highest BCUT2D eigenvalue weighted by Gasteiger charge is 2.40. The minimum Gasteiger partial charge on any atom is -0.469 e. The summed E-state index contributed by atoms with van der Waals surface area (Å²) >= 11 is 0. The van der Waals surface area contributed by atoms with Gasteiger partial charge in [0.1, 0.15) is 17.4 Å². The van der Waals surface area contributed by atoms with Crippen molar-refractivity contribution in [3.8, 4) is 0 Å². The summed E-state index contributed by atoms with van der Waals surface area (Å²) in [5.41, 5.74) is 0.818. The largest absolute Gasteiger partial charge is 0.469 e. The normalized spacial score (nSPS) is 21.0. The summed E-state index contributed by atoms with van der Waals surface area (Å²) in [5, 5.41) is 0. The highest BCUT2D eigenvalue weighted by atomic mass is 16.5. The van der Waals surface area contributed by atoms with Crippen LogP contribution in [-0.4, -0.2) is 18.4 Å². The Kier molecular flexibility index (Phi) is 4.79. The fraction of sp³-hybridized carbons (Fsp3) is 0.263. The second-order valence-electron chi connectivity index (χ2n) is 5.53. The van der Waals surface area contributed by atoms with E-state index in [0.717, 1.165) is 5.57 Å². The Hall–Kier alpha value is -2.82. The number of rotatable bonds is 5. The molecule has 0 spiro atoms. The Morgan fingerprint density at radius 1 is 1.25 bits per heavy atom. The molecule has 124 valence electrons. The molecule has 1 aliphatic rings. The third-order valence-corrected chi connectivity index (χ3v) is 3.95. The van der Waals surface area contributed by atoms with Crippen molar-refractivity contribution in [1.82, 2.24) is 0 Å². The SMILES string of the molecule is CCOC(=O)C1C(=O)C=C(/C=C/c2ccco2)CC1c1ccco1. The lowest BCUT2D eigenvalue weighted by Gasteiger charge is -2.26. The molecule has 24 heavy (non-hydrogen) atoms. The Morgan fingerprint density at radius 2 is 2.04 bits per heavy atom. The van der Waals surface area contributed by atoms with Gasteiger partial charge in [-0.1, -0.05) is 6.08 Å². The van der Waals surface area contributed by atoms with E-state index in [1.54, 1.807) is 43.7 Å². The van der Waals surface area contributed by atoms with Gasteiger partial charge in [0.15, 0.2) is 5.78 Å². The van der Waals surface area contributed by atoms with Crippen molar-refractivity contribution in [2.75, 3.05) is 6.61 Å². The zero-order valence-corrected chi connectivity index (χ0v) is 13.3. The first kappa shape index (κ1) is 16.1. The van der Waals surface area contributed by atoms with Crippen molar-refractivity contribution in [2.45, 2.75) is 19.3 Å². The first-order chi connectivity index (χ1) is 11.7. The van der Waals surface area contributed by atoms with Gasteiger partial charge < -0.3 is 13.6 Å². The molecule has 0 radical (unpaired) electrons. The number of hydrogen-bond acceptors (Lipinski definition) is 5. The third-order valence-electron chi connectivity index (χ3n) is 3.95. The van der Waals surface area contributed by atoms with Crippen molar-refractivity contribution in [3.63, 3.8) is 0 Å². The van der Waals surface area contributed by atoms with Gasteiger partial charge >= 0.3 is 5.97 Å². The molecule has 0 fully saturated rings. The molecule has 0 saturated carbocycles. The van der Waals surface area contributed by atoms with Gasteiger partial charge in [-0.3, -0.25) is 9.59 Å². The quantitative estimate of drug-likeness (QED) is 0.618. The van der Waals surface area contributed by atoms with E-state index in [1.807, 2.05) is 12.1 Å². The van der Waals surface area contributed by atoms with Gasteiger partial charge in [-0.25, -0.2) is 0 Å². The van der Waals surface area contributed by atoms with Crippen LogP contribution in [0.3, 0.4) is 0 Å². The minimum atomic E-state index is -0.864. The van der Waals surface area contributed by atoms with E-state index >= 15 is 0 Å². The monoisotopic (exact) mass is 326 g/mol. The summed E-state index contributed by atoms with van der Waals surface area (Å²) in [6.45, 7) is 1.96. The summed E-state index contributed by atoms with van der Waals surface area (Å²) in [7, 11) is 0. The molecular weight excluding hydrogens is 308 g/mol. The maximum atomic E-state index is 12.5. The summed E-state index contributed by atoms with van der Waals surface area (Å²) in [6, 6.07) is 7.15. The number of ether oxygens (including phenoxy) is 1. The number of esters is 1. The molecule has 0 amide bonds. The van der Waals surface area contributed by atoms with Crippen molar-refractivity contribution in [1.29, 1.82) is 0 Å². The van der Waals surface area contributed by atoms with E-state index < -0.39 is 11.9 Å². The molecule has 2 heterocycles. The van der Waals surface area contributed by atoms with Gasteiger partial charge in [0.05, 0.1) is 19.1 Å². The Balaban J connectivity index is 1.88.